The van der Waals surface area contributed by atoms with Gasteiger partial charge in [0.1, 0.15) is 5.82 Å². The monoisotopic (exact) mass is 339 g/mol. The fourth-order valence-corrected chi connectivity index (χ4v) is 3.63. The highest BCUT2D eigenvalue weighted by Gasteiger charge is 2.38. The fraction of sp³-hybridized carbons (Fsp3) is 0.368. The summed E-state index contributed by atoms with van der Waals surface area (Å²) in [4.78, 5) is 14.5. The number of allylic oxidation sites excluding steroid dienone is 3. The molecular weight excluding hydrogens is 318 g/mol. The first-order valence-electron chi connectivity index (χ1n) is 8.15. The summed E-state index contributed by atoms with van der Waals surface area (Å²) in [6.45, 7) is 0. The Bertz CT molecular complexity index is 833. The molecule has 0 fully saturated rings. The quantitative estimate of drug-likeness (QED) is 0.910. The van der Waals surface area contributed by atoms with Crippen LogP contribution in [0.4, 0.5) is 0 Å². The van der Waals surface area contributed by atoms with Crippen molar-refractivity contribution in [2.45, 2.75) is 25.2 Å². The molecule has 6 nitrogen and oxygen atoms in total. The molecule has 2 N–H and O–H groups in total. The van der Waals surface area contributed by atoms with Crippen LogP contribution in [-0.4, -0.2) is 32.0 Å². The maximum Gasteiger partial charge on any atom is 0.161 e. The van der Waals surface area contributed by atoms with E-state index in [4.69, 9.17) is 15.2 Å². The van der Waals surface area contributed by atoms with Gasteiger partial charge in [0.25, 0.3) is 0 Å². The lowest BCUT2D eigenvalue weighted by atomic mass is 9.76. The van der Waals surface area contributed by atoms with E-state index >= 15 is 0 Å². The van der Waals surface area contributed by atoms with Crippen molar-refractivity contribution in [3.8, 4) is 17.6 Å². The van der Waals surface area contributed by atoms with E-state index < -0.39 is 5.92 Å². The first-order chi connectivity index (χ1) is 12.0. The van der Waals surface area contributed by atoms with E-state index in [-0.39, 0.29) is 5.78 Å². The average molecular weight is 339 g/mol. The number of carbonyl (C=O) groups excluding carboxylic acids is 1. The molecule has 0 aromatic heterocycles. The van der Waals surface area contributed by atoms with E-state index in [1.165, 1.54) is 0 Å². The van der Waals surface area contributed by atoms with E-state index in [1.807, 2.05) is 19.2 Å². The third-order valence-electron chi connectivity index (χ3n) is 4.91. The molecule has 0 bridgehead atoms. The molecule has 3 rings (SSSR count). The Morgan fingerprint density at radius 1 is 1.24 bits per heavy atom. The summed E-state index contributed by atoms with van der Waals surface area (Å²) < 4.78 is 10.7. The largest absolute Gasteiger partial charge is 0.493 e. The summed E-state index contributed by atoms with van der Waals surface area (Å²) in [5.41, 5.74) is 9.00. The highest BCUT2D eigenvalue weighted by Crippen LogP contribution is 2.45. The fourth-order valence-electron chi connectivity index (χ4n) is 3.63. The highest BCUT2D eigenvalue weighted by atomic mass is 16.5. The van der Waals surface area contributed by atoms with E-state index in [1.54, 1.807) is 25.2 Å². The van der Waals surface area contributed by atoms with Gasteiger partial charge in [0, 0.05) is 24.7 Å². The van der Waals surface area contributed by atoms with Crippen LogP contribution in [0.15, 0.2) is 40.9 Å². The van der Waals surface area contributed by atoms with Gasteiger partial charge in [0.15, 0.2) is 17.3 Å². The van der Waals surface area contributed by atoms with Gasteiger partial charge < -0.3 is 20.1 Å². The van der Waals surface area contributed by atoms with Crippen molar-refractivity contribution in [3.05, 3.63) is 46.4 Å². The van der Waals surface area contributed by atoms with Crippen LogP contribution in [0.1, 0.15) is 30.7 Å². The molecule has 0 radical (unpaired) electrons. The zero-order chi connectivity index (χ0) is 18.1. The molecule has 0 unspecified atom stereocenters. The number of methoxy groups -OCH3 is 2. The topological polar surface area (TPSA) is 88.6 Å². The molecule has 0 saturated heterocycles. The van der Waals surface area contributed by atoms with E-state index in [0.717, 1.165) is 24.1 Å². The third kappa shape index (κ3) is 2.62. The standard InChI is InChI=1S/C19H21N3O3/c1-22-13-5-4-6-14(23)18(13)17(12(10-20)19(22)21)11-7-8-15(24-2)16(9-11)25-3/h7-9,17H,4-6,21H2,1-3H3/t17-/m1/s1. The smallest absolute Gasteiger partial charge is 0.161 e. The van der Waals surface area contributed by atoms with Crippen molar-refractivity contribution >= 4 is 5.78 Å². The number of hydrogen-bond donors (Lipinski definition) is 1. The van der Waals surface area contributed by atoms with Gasteiger partial charge in [-0.1, -0.05) is 6.07 Å². The average Bonchev–Trinajstić information content (AvgIpc) is 2.64. The number of ketones is 1. The SMILES string of the molecule is COc1ccc([C@@H]2C(C#N)=C(N)N(C)C3=C2C(=O)CCC3)cc1OC. The Morgan fingerprint density at radius 2 is 1.96 bits per heavy atom. The summed E-state index contributed by atoms with van der Waals surface area (Å²) >= 11 is 0. The maximum atomic E-state index is 12.7. The number of rotatable bonds is 3. The second-order valence-corrected chi connectivity index (χ2v) is 6.15. The Balaban J connectivity index is 2.22. The molecule has 1 aromatic rings. The minimum absolute atomic E-state index is 0.0770. The van der Waals surface area contributed by atoms with E-state index in [9.17, 15) is 10.1 Å². The lowest BCUT2D eigenvalue weighted by molar-refractivity contribution is -0.116. The van der Waals surface area contributed by atoms with Crippen LogP contribution >= 0.6 is 0 Å². The highest BCUT2D eigenvalue weighted by molar-refractivity contribution is 5.99. The van der Waals surface area contributed by atoms with Crippen LogP contribution < -0.4 is 15.2 Å². The summed E-state index contributed by atoms with van der Waals surface area (Å²) in [6.07, 6.45) is 2.08. The van der Waals surface area contributed by atoms with Gasteiger partial charge in [0.2, 0.25) is 0 Å². The van der Waals surface area contributed by atoms with Gasteiger partial charge in [-0.2, -0.15) is 5.26 Å². The lowest BCUT2D eigenvalue weighted by Crippen LogP contribution is -2.36. The molecular formula is C19H21N3O3. The molecule has 130 valence electrons. The molecule has 0 spiro atoms. The van der Waals surface area contributed by atoms with Crippen LogP contribution in [0, 0.1) is 11.3 Å². The molecule has 2 aliphatic rings. The van der Waals surface area contributed by atoms with Gasteiger partial charge >= 0.3 is 0 Å². The Morgan fingerprint density at radius 3 is 2.60 bits per heavy atom. The number of nitrogens with zero attached hydrogens (tertiary/aromatic N) is 2. The first kappa shape index (κ1) is 16.9. The van der Waals surface area contributed by atoms with Crippen molar-refractivity contribution in [1.82, 2.24) is 4.90 Å². The Labute approximate surface area is 147 Å². The number of nitriles is 1. The third-order valence-corrected chi connectivity index (χ3v) is 4.91. The van der Waals surface area contributed by atoms with Crippen molar-refractivity contribution in [1.29, 1.82) is 5.26 Å². The number of Topliss-reactive ketones (excluding diaryl/α,β-unsaturated/α-hetero) is 1. The van der Waals surface area contributed by atoms with Gasteiger partial charge in [-0.3, -0.25) is 4.79 Å². The Hall–Kier alpha value is -2.94. The van der Waals surface area contributed by atoms with Crippen LogP contribution in [0.25, 0.3) is 0 Å². The van der Waals surface area contributed by atoms with Crippen molar-refractivity contribution in [2.24, 2.45) is 5.73 Å². The number of nitrogens with two attached hydrogens (primary N) is 1. The minimum Gasteiger partial charge on any atom is -0.493 e. The number of carbonyl (C=O) groups is 1. The Kier molecular flexibility index (Phi) is 4.41. The van der Waals surface area contributed by atoms with Gasteiger partial charge in [-0.15, -0.1) is 0 Å². The molecule has 1 atom stereocenters. The van der Waals surface area contributed by atoms with Gasteiger partial charge in [-0.25, -0.2) is 0 Å². The molecule has 1 aromatic carbocycles. The van der Waals surface area contributed by atoms with Gasteiger partial charge in [-0.05, 0) is 30.5 Å². The summed E-state index contributed by atoms with van der Waals surface area (Å²) in [7, 11) is 4.94. The van der Waals surface area contributed by atoms with Crippen molar-refractivity contribution < 1.29 is 14.3 Å². The number of ether oxygens (including phenoxy) is 2. The predicted molar refractivity (Wildman–Crippen MR) is 92.8 cm³/mol. The molecule has 1 aliphatic carbocycles. The van der Waals surface area contributed by atoms with Crippen LogP contribution in [-0.2, 0) is 4.79 Å². The van der Waals surface area contributed by atoms with Gasteiger partial charge in [0.05, 0.1) is 31.8 Å². The first-order valence-corrected chi connectivity index (χ1v) is 8.15. The molecule has 1 aliphatic heterocycles. The second kappa shape index (κ2) is 6.52. The molecule has 1 heterocycles. The van der Waals surface area contributed by atoms with E-state index in [0.29, 0.717) is 34.9 Å². The summed E-state index contributed by atoms with van der Waals surface area (Å²) in [6, 6.07) is 7.66. The number of hydrogen-bond acceptors (Lipinski definition) is 6. The predicted octanol–water partition coefficient (Wildman–Crippen LogP) is 2.43. The number of benzene rings is 1. The zero-order valence-corrected chi connectivity index (χ0v) is 14.6. The summed E-state index contributed by atoms with van der Waals surface area (Å²) in [5, 5.41) is 9.71. The maximum absolute atomic E-state index is 12.7. The van der Waals surface area contributed by atoms with Crippen molar-refractivity contribution in [2.75, 3.05) is 21.3 Å². The molecule has 0 amide bonds. The molecule has 25 heavy (non-hydrogen) atoms. The lowest BCUT2D eigenvalue weighted by Gasteiger charge is -2.37. The second-order valence-electron chi connectivity index (χ2n) is 6.15. The normalized spacial score (nSPS) is 20.3. The zero-order valence-electron chi connectivity index (χ0n) is 14.6. The minimum atomic E-state index is -0.469. The molecule has 6 heteroatoms. The summed E-state index contributed by atoms with van der Waals surface area (Å²) in [5.74, 6) is 1.16. The van der Waals surface area contributed by atoms with Crippen molar-refractivity contribution in [3.63, 3.8) is 0 Å². The van der Waals surface area contributed by atoms with Crippen LogP contribution in [0.5, 0.6) is 11.5 Å². The van der Waals surface area contributed by atoms with E-state index in [2.05, 4.69) is 6.07 Å². The van der Waals surface area contributed by atoms with Crippen LogP contribution in [0.2, 0.25) is 0 Å². The van der Waals surface area contributed by atoms with Crippen LogP contribution in [0.3, 0.4) is 0 Å². The molecule has 0 saturated carbocycles.